The van der Waals surface area contributed by atoms with E-state index < -0.39 is 4.92 Å². The van der Waals surface area contributed by atoms with E-state index in [1.165, 1.54) is 12.1 Å². The van der Waals surface area contributed by atoms with Crippen LogP contribution in [-0.2, 0) is 4.79 Å². The third kappa shape index (κ3) is 4.42. The van der Waals surface area contributed by atoms with Crippen LogP contribution >= 0.6 is 0 Å². The SMILES string of the molecule is CC(=O)N1CCN(CCNc2ccc([N+](=O)[O-])cc2)CC1. The maximum Gasteiger partial charge on any atom is 0.269 e. The Balaban J connectivity index is 1.70. The minimum Gasteiger partial charge on any atom is -0.384 e. The van der Waals surface area contributed by atoms with Crippen LogP contribution in [0.4, 0.5) is 11.4 Å². The van der Waals surface area contributed by atoms with Crippen molar-refractivity contribution in [3.05, 3.63) is 34.4 Å². The predicted octanol–water partition coefficient (Wildman–Crippen LogP) is 1.17. The van der Waals surface area contributed by atoms with E-state index in [1.807, 2.05) is 4.90 Å². The maximum atomic E-state index is 11.2. The second-order valence-electron chi connectivity index (χ2n) is 5.08. The van der Waals surface area contributed by atoms with Crippen molar-refractivity contribution in [1.29, 1.82) is 0 Å². The quantitative estimate of drug-likeness (QED) is 0.651. The Morgan fingerprint density at radius 1 is 1.24 bits per heavy atom. The number of amides is 1. The molecule has 1 aromatic rings. The van der Waals surface area contributed by atoms with Gasteiger partial charge < -0.3 is 10.2 Å². The van der Waals surface area contributed by atoms with E-state index in [9.17, 15) is 14.9 Å². The van der Waals surface area contributed by atoms with Gasteiger partial charge >= 0.3 is 0 Å². The number of anilines is 1. The number of piperazine rings is 1. The van der Waals surface area contributed by atoms with Crippen molar-refractivity contribution in [2.45, 2.75) is 6.92 Å². The minimum absolute atomic E-state index is 0.0981. The average Bonchev–Trinajstić information content (AvgIpc) is 2.48. The number of carbonyl (C=O) groups is 1. The molecule has 0 unspecified atom stereocenters. The molecule has 1 aromatic carbocycles. The molecule has 1 N–H and O–H groups in total. The Labute approximate surface area is 123 Å². The lowest BCUT2D eigenvalue weighted by Gasteiger charge is -2.34. The van der Waals surface area contributed by atoms with Crippen LogP contribution in [0.5, 0.6) is 0 Å². The van der Waals surface area contributed by atoms with E-state index in [2.05, 4.69) is 10.2 Å². The zero-order chi connectivity index (χ0) is 15.2. The van der Waals surface area contributed by atoms with Crippen LogP contribution in [0.25, 0.3) is 0 Å². The van der Waals surface area contributed by atoms with E-state index in [-0.39, 0.29) is 11.6 Å². The van der Waals surface area contributed by atoms with Crippen LogP contribution in [0.15, 0.2) is 24.3 Å². The highest BCUT2D eigenvalue weighted by molar-refractivity contribution is 5.73. The molecule has 7 heteroatoms. The summed E-state index contributed by atoms with van der Waals surface area (Å²) in [5, 5.41) is 13.8. The van der Waals surface area contributed by atoms with Crippen molar-refractivity contribution in [3.8, 4) is 0 Å². The summed E-state index contributed by atoms with van der Waals surface area (Å²) in [5.41, 5.74) is 0.976. The molecule has 0 atom stereocenters. The Morgan fingerprint density at radius 2 is 1.86 bits per heavy atom. The van der Waals surface area contributed by atoms with Gasteiger partial charge in [0.2, 0.25) is 5.91 Å². The Kier molecular flexibility index (Phi) is 5.10. The summed E-state index contributed by atoms with van der Waals surface area (Å²) in [6.45, 7) is 6.62. The lowest BCUT2D eigenvalue weighted by atomic mass is 10.3. The molecular weight excluding hydrogens is 272 g/mol. The van der Waals surface area contributed by atoms with E-state index in [0.717, 1.165) is 45.0 Å². The largest absolute Gasteiger partial charge is 0.384 e. The molecule has 1 saturated heterocycles. The fourth-order valence-electron chi connectivity index (χ4n) is 2.35. The number of nitro groups is 1. The first-order valence-corrected chi connectivity index (χ1v) is 7.02. The Morgan fingerprint density at radius 3 is 2.38 bits per heavy atom. The van der Waals surface area contributed by atoms with Gasteiger partial charge in [-0.2, -0.15) is 0 Å². The number of nitrogens with zero attached hydrogens (tertiary/aromatic N) is 3. The van der Waals surface area contributed by atoms with Crippen LogP contribution in [0.3, 0.4) is 0 Å². The molecule has 7 nitrogen and oxygen atoms in total. The zero-order valence-corrected chi connectivity index (χ0v) is 12.1. The standard InChI is InChI=1S/C14H20N4O3/c1-12(19)17-10-8-16(9-11-17)7-6-15-13-2-4-14(5-3-13)18(20)21/h2-5,15H,6-11H2,1H3. The van der Waals surface area contributed by atoms with Gasteiger partial charge in [-0.05, 0) is 12.1 Å². The first kappa shape index (κ1) is 15.2. The third-order valence-electron chi connectivity index (χ3n) is 3.65. The van der Waals surface area contributed by atoms with Gasteiger partial charge in [-0.15, -0.1) is 0 Å². The topological polar surface area (TPSA) is 78.7 Å². The molecule has 0 saturated carbocycles. The summed E-state index contributed by atoms with van der Waals surface area (Å²) in [6.07, 6.45) is 0. The smallest absolute Gasteiger partial charge is 0.269 e. The Bertz CT molecular complexity index is 495. The van der Waals surface area contributed by atoms with Crippen molar-refractivity contribution in [3.63, 3.8) is 0 Å². The number of hydrogen-bond donors (Lipinski definition) is 1. The van der Waals surface area contributed by atoms with Gasteiger partial charge in [0.25, 0.3) is 5.69 Å². The first-order valence-electron chi connectivity index (χ1n) is 7.02. The van der Waals surface area contributed by atoms with Gasteiger partial charge in [-0.25, -0.2) is 0 Å². The van der Waals surface area contributed by atoms with E-state index in [4.69, 9.17) is 0 Å². The molecule has 0 spiro atoms. The summed E-state index contributed by atoms with van der Waals surface area (Å²) in [5.74, 6) is 0.138. The van der Waals surface area contributed by atoms with Crippen molar-refractivity contribution >= 4 is 17.3 Å². The normalized spacial score (nSPS) is 15.8. The highest BCUT2D eigenvalue weighted by Crippen LogP contribution is 2.15. The predicted molar refractivity (Wildman–Crippen MR) is 80.3 cm³/mol. The Hall–Kier alpha value is -2.15. The summed E-state index contributed by atoms with van der Waals surface area (Å²) in [6, 6.07) is 6.42. The fraction of sp³-hybridized carbons (Fsp3) is 0.500. The molecule has 0 bridgehead atoms. The molecule has 21 heavy (non-hydrogen) atoms. The molecule has 0 aromatic heterocycles. The summed E-state index contributed by atoms with van der Waals surface area (Å²) >= 11 is 0. The number of benzene rings is 1. The molecule has 1 aliphatic rings. The second-order valence-corrected chi connectivity index (χ2v) is 5.08. The summed E-state index contributed by atoms with van der Waals surface area (Å²) < 4.78 is 0. The monoisotopic (exact) mass is 292 g/mol. The molecule has 2 rings (SSSR count). The van der Waals surface area contributed by atoms with Gasteiger partial charge in [-0.1, -0.05) is 0 Å². The molecule has 114 valence electrons. The number of carbonyl (C=O) groups excluding carboxylic acids is 1. The van der Waals surface area contributed by atoms with Gasteiger partial charge in [-0.3, -0.25) is 19.8 Å². The second kappa shape index (κ2) is 7.03. The highest BCUT2D eigenvalue weighted by atomic mass is 16.6. The maximum absolute atomic E-state index is 11.2. The highest BCUT2D eigenvalue weighted by Gasteiger charge is 2.17. The van der Waals surface area contributed by atoms with Gasteiger partial charge in [0, 0.05) is 64.0 Å². The van der Waals surface area contributed by atoms with Crippen LogP contribution < -0.4 is 5.32 Å². The van der Waals surface area contributed by atoms with E-state index >= 15 is 0 Å². The van der Waals surface area contributed by atoms with Crippen LogP contribution in [-0.4, -0.2) is 59.9 Å². The molecule has 1 amide bonds. The van der Waals surface area contributed by atoms with Crippen molar-refractivity contribution in [2.24, 2.45) is 0 Å². The third-order valence-corrected chi connectivity index (χ3v) is 3.65. The molecule has 1 heterocycles. The lowest BCUT2D eigenvalue weighted by Crippen LogP contribution is -2.49. The van der Waals surface area contributed by atoms with Crippen LogP contribution in [0.1, 0.15) is 6.92 Å². The number of nitro benzene ring substituents is 1. The van der Waals surface area contributed by atoms with Crippen molar-refractivity contribution in [1.82, 2.24) is 9.80 Å². The number of non-ortho nitro benzene ring substituents is 1. The molecule has 1 fully saturated rings. The van der Waals surface area contributed by atoms with E-state index in [1.54, 1.807) is 19.1 Å². The fourth-order valence-corrected chi connectivity index (χ4v) is 2.35. The lowest BCUT2D eigenvalue weighted by molar-refractivity contribution is -0.384. The molecule has 0 aliphatic carbocycles. The van der Waals surface area contributed by atoms with Gasteiger partial charge in [0.15, 0.2) is 0 Å². The van der Waals surface area contributed by atoms with Crippen molar-refractivity contribution < 1.29 is 9.72 Å². The number of hydrogen-bond acceptors (Lipinski definition) is 5. The van der Waals surface area contributed by atoms with Crippen molar-refractivity contribution in [2.75, 3.05) is 44.6 Å². The van der Waals surface area contributed by atoms with E-state index in [0.29, 0.717) is 0 Å². The van der Waals surface area contributed by atoms with Crippen LogP contribution in [0.2, 0.25) is 0 Å². The minimum atomic E-state index is -0.404. The molecule has 0 radical (unpaired) electrons. The molecular formula is C14H20N4O3. The summed E-state index contributed by atoms with van der Waals surface area (Å²) in [7, 11) is 0. The summed E-state index contributed by atoms with van der Waals surface area (Å²) in [4.78, 5) is 25.5. The molecule has 1 aliphatic heterocycles. The van der Waals surface area contributed by atoms with Gasteiger partial charge in [0.05, 0.1) is 4.92 Å². The van der Waals surface area contributed by atoms with Crippen LogP contribution in [0, 0.1) is 10.1 Å². The first-order chi connectivity index (χ1) is 10.1. The van der Waals surface area contributed by atoms with Gasteiger partial charge in [0.1, 0.15) is 0 Å². The number of rotatable bonds is 5. The number of nitrogens with one attached hydrogen (secondary N) is 1. The average molecular weight is 292 g/mol. The zero-order valence-electron chi connectivity index (χ0n) is 12.1.